The molecule has 0 atom stereocenters. The minimum atomic E-state index is -0.357. The Morgan fingerprint density at radius 3 is 2.81 bits per heavy atom. The van der Waals surface area contributed by atoms with Crippen molar-refractivity contribution >= 4 is 17.2 Å². The molecule has 0 aliphatic carbocycles. The maximum Gasteiger partial charge on any atom is 0.268 e. The molecule has 3 aromatic heterocycles. The molecule has 3 aromatic rings. The first-order valence-corrected chi connectivity index (χ1v) is 11.5. The minimum absolute atomic E-state index is 0.121. The van der Waals surface area contributed by atoms with Crippen molar-refractivity contribution in [2.24, 2.45) is 5.92 Å². The molecule has 1 aliphatic heterocycles. The Balaban J connectivity index is 1.46. The molecule has 0 aromatic carbocycles. The summed E-state index contributed by atoms with van der Waals surface area (Å²) in [4.78, 5) is 28.4. The minimum Gasteiger partial charge on any atom is -0.356 e. The van der Waals surface area contributed by atoms with Crippen LogP contribution >= 0.6 is 11.3 Å². The molecule has 9 heteroatoms. The Bertz CT molecular complexity index is 1080. The van der Waals surface area contributed by atoms with Crippen molar-refractivity contribution in [1.82, 2.24) is 25.2 Å². The lowest BCUT2D eigenvalue weighted by molar-refractivity contribution is -0.122. The molecule has 0 unspecified atom stereocenters. The number of piperidine rings is 1. The third-order valence-electron chi connectivity index (χ3n) is 5.57. The van der Waals surface area contributed by atoms with Gasteiger partial charge in [0.2, 0.25) is 5.91 Å². The molecule has 1 fully saturated rings. The van der Waals surface area contributed by atoms with E-state index in [0.717, 1.165) is 36.1 Å². The molecule has 4 rings (SSSR count). The van der Waals surface area contributed by atoms with E-state index in [9.17, 15) is 9.59 Å². The van der Waals surface area contributed by atoms with Crippen LogP contribution in [0.2, 0.25) is 0 Å². The summed E-state index contributed by atoms with van der Waals surface area (Å²) in [5.41, 5.74) is 1.54. The van der Waals surface area contributed by atoms with Gasteiger partial charge in [-0.1, -0.05) is 18.1 Å². The van der Waals surface area contributed by atoms with E-state index in [2.05, 4.69) is 27.4 Å². The van der Waals surface area contributed by atoms with Gasteiger partial charge in [-0.25, -0.2) is 4.68 Å². The third kappa shape index (κ3) is 5.29. The fourth-order valence-electron chi connectivity index (χ4n) is 3.71. The molecule has 0 spiro atoms. The molecule has 1 saturated heterocycles. The fraction of sp³-hybridized carbons (Fsp3) is 0.455. The summed E-state index contributed by atoms with van der Waals surface area (Å²) < 4.78 is 6.57. The van der Waals surface area contributed by atoms with Crippen molar-refractivity contribution in [2.75, 3.05) is 26.2 Å². The van der Waals surface area contributed by atoms with E-state index in [-0.39, 0.29) is 18.0 Å². The monoisotopic (exact) mass is 441 g/mol. The van der Waals surface area contributed by atoms with Gasteiger partial charge in [0.05, 0.1) is 16.1 Å². The summed E-state index contributed by atoms with van der Waals surface area (Å²) in [5.74, 6) is 1.04. The quantitative estimate of drug-likeness (QED) is 0.606. The van der Waals surface area contributed by atoms with Crippen LogP contribution in [0.4, 0.5) is 0 Å². The number of rotatable bonds is 7. The zero-order valence-corrected chi connectivity index (χ0v) is 18.7. The number of carbonyl (C=O) groups is 1. The number of thiophene rings is 1. The molecule has 0 radical (unpaired) electrons. The normalized spacial score (nSPS) is 15.3. The molecule has 164 valence electrons. The van der Waals surface area contributed by atoms with Gasteiger partial charge in [-0.2, -0.15) is 5.10 Å². The van der Waals surface area contributed by atoms with E-state index >= 15 is 0 Å². The summed E-state index contributed by atoms with van der Waals surface area (Å²) in [6, 6.07) is 7.07. The third-order valence-corrected chi connectivity index (χ3v) is 6.44. The van der Waals surface area contributed by atoms with Crippen molar-refractivity contribution < 1.29 is 9.32 Å². The molecule has 1 amide bonds. The predicted octanol–water partition coefficient (Wildman–Crippen LogP) is 2.78. The number of amides is 1. The van der Waals surface area contributed by atoms with Crippen molar-refractivity contribution in [3.63, 3.8) is 0 Å². The largest absolute Gasteiger partial charge is 0.356 e. The molecule has 1 aliphatic rings. The number of aromatic nitrogens is 3. The Labute approximate surface area is 184 Å². The molecule has 4 heterocycles. The lowest BCUT2D eigenvalue weighted by Gasteiger charge is -2.30. The molecular weight excluding hydrogens is 414 g/mol. The van der Waals surface area contributed by atoms with Crippen LogP contribution in [-0.4, -0.2) is 51.9 Å². The number of hydrogen-bond acceptors (Lipinski definition) is 7. The average molecular weight is 442 g/mol. The Morgan fingerprint density at radius 1 is 1.32 bits per heavy atom. The molecule has 0 bridgehead atoms. The standard InChI is InChI=1S/C22H27N5O3S/c1-15-5-8-26(9-6-15)10-7-23-20(28)14-27-21(29)13-17(18-12-16(2)25-30-18)22(24-27)19-4-3-11-31-19/h3-4,11-13,15H,5-10,14H2,1-2H3,(H,23,28). The van der Waals surface area contributed by atoms with Crippen molar-refractivity contribution in [3.05, 3.63) is 45.7 Å². The maximum absolute atomic E-state index is 12.7. The Hall–Kier alpha value is -2.78. The molecule has 1 N–H and O–H groups in total. The number of nitrogens with one attached hydrogen (secondary N) is 1. The van der Waals surface area contributed by atoms with Gasteiger partial charge in [0.1, 0.15) is 12.2 Å². The highest BCUT2D eigenvalue weighted by Crippen LogP contribution is 2.32. The number of likely N-dealkylation sites (tertiary alicyclic amines) is 1. The summed E-state index contributed by atoms with van der Waals surface area (Å²) in [7, 11) is 0. The Kier molecular flexibility index (Phi) is 6.62. The van der Waals surface area contributed by atoms with Gasteiger partial charge in [0.15, 0.2) is 5.76 Å². The van der Waals surface area contributed by atoms with Crippen LogP contribution in [0, 0.1) is 12.8 Å². The van der Waals surface area contributed by atoms with Gasteiger partial charge in [-0.3, -0.25) is 9.59 Å². The number of nitrogens with zero attached hydrogens (tertiary/aromatic N) is 4. The summed E-state index contributed by atoms with van der Waals surface area (Å²) in [6.07, 6.45) is 2.41. The van der Waals surface area contributed by atoms with Gasteiger partial charge >= 0.3 is 0 Å². The number of aryl methyl sites for hydroxylation is 1. The first-order valence-electron chi connectivity index (χ1n) is 10.6. The maximum atomic E-state index is 12.7. The SMILES string of the molecule is Cc1cc(-c2cc(=O)n(CC(=O)NCCN3CCC(C)CC3)nc2-c2cccs2)on1. The topological polar surface area (TPSA) is 93.3 Å². The smallest absolute Gasteiger partial charge is 0.268 e. The van der Waals surface area contributed by atoms with Crippen LogP contribution < -0.4 is 10.9 Å². The van der Waals surface area contributed by atoms with Crippen LogP contribution in [0.25, 0.3) is 21.9 Å². The van der Waals surface area contributed by atoms with Crippen LogP contribution in [0.15, 0.2) is 39.0 Å². The van der Waals surface area contributed by atoms with Gasteiger partial charge in [0, 0.05) is 25.2 Å². The van der Waals surface area contributed by atoms with Crippen LogP contribution in [0.5, 0.6) is 0 Å². The summed E-state index contributed by atoms with van der Waals surface area (Å²) >= 11 is 1.51. The second kappa shape index (κ2) is 9.57. The predicted molar refractivity (Wildman–Crippen MR) is 120 cm³/mol. The van der Waals surface area contributed by atoms with E-state index in [1.807, 2.05) is 24.4 Å². The zero-order valence-electron chi connectivity index (χ0n) is 17.8. The second-order valence-corrected chi connectivity index (χ2v) is 9.03. The van der Waals surface area contributed by atoms with E-state index < -0.39 is 0 Å². The van der Waals surface area contributed by atoms with Gasteiger partial charge < -0.3 is 14.7 Å². The van der Waals surface area contributed by atoms with E-state index in [1.165, 1.54) is 34.9 Å². The second-order valence-electron chi connectivity index (χ2n) is 8.09. The summed E-state index contributed by atoms with van der Waals surface area (Å²) in [5, 5.41) is 13.3. The lowest BCUT2D eigenvalue weighted by Crippen LogP contribution is -2.41. The highest BCUT2D eigenvalue weighted by molar-refractivity contribution is 7.13. The van der Waals surface area contributed by atoms with Crippen LogP contribution in [0.3, 0.4) is 0 Å². The first kappa shape index (κ1) is 21.5. The Morgan fingerprint density at radius 2 is 2.13 bits per heavy atom. The zero-order chi connectivity index (χ0) is 21.8. The van der Waals surface area contributed by atoms with Gasteiger partial charge in [0.25, 0.3) is 5.56 Å². The molecule has 8 nitrogen and oxygen atoms in total. The van der Waals surface area contributed by atoms with E-state index in [0.29, 0.717) is 23.6 Å². The highest BCUT2D eigenvalue weighted by Gasteiger charge is 2.19. The van der Waals surface area contributed by atoms with Crippen LogP contribution in [0.1, 0.15) is 25.5 Å². The lowest BCUT2D eigenvalue weighted by atomic mass is 9.99. The summed E-state index contributed by atoms with van der Waals surface area (Å²) in [6.45, 7) is 7.52. The van der Waals surface area contributed by atoms with Gasteiger partial charge in [-0.05, 0) is 50.2 Å². The first-order chi connectivity index (χ1) is 15.0. The van der Waals surface area contributed by atoms with Crippen LogP contribution in [-0.2, 0) is 11.3 Å². The van der Waals surface area contributed by atoms with Crippen molar-refractivity contribution in [3.8, 4) is 21.9 Å². The number of carbonyl (C=O) groups excluding carboxylic acids is 1. The van der Waals surface area contributed by atoms with E-state index in [4.69, 9.17) is 4.52 Å². The highest BCUT2D eigenvalue weighted by atomic mass is 32.1. The number of hydrogen-bond donors (Lipinski definition) is 1. The fourth-order valence-corrected chi connectivity index (χ4v) is 4.43. The van der Waals surface area contributed by atoms with Crippen molar-refractivity contribution in [2.45, 2.75) is 33.2 Å². The molecular formula is C22H27N5O3S. The van der Waals surface area contributed by atoms with Gasteiger partial charge in [-0.15, -0.1) is 11.3 Å². The molecule has 31 heavy (non-hydrogen) atoms. The average Bonchev–Trinajstić information content (AvgIpc) is 3.43. The molecule has 0 saturated carbocycles. The van der Waals surface area contributed by atoms with E-state index in [1.54, 1.807) is 6.07 Å². The van der Waals surface area contributed by atoms with Crippen molar-refractivity contribution in [1.29, 1.82) is 0 Å².